The van der Waals surface area contributed by atoms with Gasteiger partial charge in [0.05, 0.1) is 11.8 Å². The molecule has 0 amide bonds. The van der Waals surface area contributed by atoms with Crippen molar-refractivity contribution in [1.82, 2.24) is 5.32 Å². The molecule has 4 rings (SSSR count). The topological polar surface area (TPSA) is 70.9 Å². The van der Waals surface area contributed by atoms with Crippen LogP contribution < -0.4 is 5.32 Å². The minimum absolute atomic E-state index is 0. The Kier molecular flexibility index (Phi) is 7.02. The normalized spacial score (nSPS) is 45.2. The van der Waals surface area contributed by atoms with Crippen LogP contribution in [0, 0.1) is 34.5 Å². The van der Waals surface area contributed by atoms with Crippen LogP contribution in [0.15, 0.2) is 5.16 Å². The maximum absolute atomic E-state index is 12.6. The number of fused-ring (bicyclic) bond motifs is 5. The molecule has 0 radical (unpaired) electrons. The minimum Gasteiger partial charge on any atom is -0.396 e. The molecule has 5 nitrogen and oxygen atoms in total. The molecule has 0 unspecified atom stereocenters. The van der Waals surface area contributed by atoms with E-state index in [4.69, 9.17) is 4.84 Å². The van der Waals surface area contributed by atoms with E-state index in [1.807, 2.05) is 7.05 Å². The molecule has 0 heterocycles. The van der Waals surface area contributed by atoms with Crippen molar-refractivity contribution in [3.63, 3.8) is 0 Å². The van der Waals surface area contributed by atoms with Crippen LogP contribution in [0.25, 0.3) is 0 Å². The average molecular weight is 427 g/mol. The van der Waals surface area contributed by atoms with Crippen LogP contribution in [0.3, 0.4) is 0 Å². The zero-order valence-electron chi connectivity index (χ0n) is 18.3. The molecule has 6 heteroatoms. The highest BCUT2D eigenvalue weighted by molar-refractivity contribution is 5.87. The molecule has 0 aromatic rings. The first-order valence-electron chi connectivity index (χ1n) is 11.4. The Morgan fingerprint density at radius 2 is 1.97 bits per heavy atom. The van der Waals surface area contributed by atoms with Crippen LogP contribution in [-0.4, -0.2) is 42.9 Å². The Bertz CT molecular complexity index is 642. The number of carbonyl (C=O) groups excluding carboxylic acids is 1. The first kappa shape index (κ1) is 23.0. The second-order valence-corrected chi connectivity index (χ2v) is 10.4. The molecule has 4 saturated carbocycles. The number of aliphatic hydroxyl groups is 1. The minimum atomic E-state index is -0.279. The fourth-order valence-electron chi connectivity index (χ4n) is 7.41. The third kappa shape index (κ3) is 3.87. The fraction of sp³-hybridized carbons (Fsp3) is 0.913. The highest BCUT2D eigenvalue weighted by Gasteiger charge is 2.61. The van der Waals surface area contributed by atoms with E-state index in [9.17, 15) is 9.90 Å². The van der Waals surface area contributed by atoms with E-state index in [0.717, 1.165) is 70.0 Å². The quantitative estimate of drug-likeness (QED) is 0.515. The summed E-state index contributed by atoms with van der Waals surface area (Å²) in [5.41, 5.74) is 1.17. The summed E-state index contributed by atoms with van der Waals surface area (Å²) in [6.07, 6.45) is 8.48. The van der Waals surface area contributed by atoms with Gasteiger partial charge in [-0.05, 0) is 94.0 Å². The number of hydrogen-bond donors (Lipinski definition) is 2. The van der Waals surface area contributed by atoms with Gasteiger partial charge in [-0.2, -0.15) is 0 Å². The molecule has 0 spiro atoms. The summed E-state index contributed by atoms with van der Waals surface area (Å²) in [6, 6.07) is 0. The first-order chi connectivity index (χ1) is 13.4. The molecular formula is C23H39ClN2O3. The van der Waals surface area contributed by atoms with Crippen LogP contribution in [0.2, 0.25) is 0 Å². The number of oxime groups is 1. The Morgan fingerprint density at radius 3 is 2.72 bits per heavy atom. The lowest BCUT2D eigenvalue weighted by Crippen LogP contribution is -2.57. The van der Waals surface area contributed by atoms with Crippen molar-refractivity contribution < 1.29 is 14.7 Å². The Morgan fingerprint density at radius 1 is 1.17 bits per heavy atom. The largest absolute Gasteiger partial charge is 0.396 e. The summed E-state index contributed by atoms with van der Waals surface area (Å²) in [5, 5.41) is 18.7. The summed E-state index contributed by atoms with van der Waals surface area (Å²) < 4.78 is 0. The second-order valence-electron chi connectivity index (χ2n) is 10.4. The molecule has 7 atom stereocenters. The van der Waals surface area contributed by atoms with Crippen molar-refractivity contribution in [2.75, 3.05) is 20.2 Å². The molecule has 2 N–H and O–H groups in total. The van der Waals surface area contributed by atoms with Gasteiger partial charge in [0.2, 0.25) is 0 Å². The fourth-order valence-corrected chi connectivity index (χ4v) is 7.41. The molecule has 4 aliphatic rings. The average Bonchev–Trinajstić information content (AvgIpc) is 2.98. The van der Waals surface area contributed by atoms with E-state index in [-0.39, 0.29) is 35.3 Å². The number of rotatable bonds is 5. The third-order valence-electron chi connectivity index (χ3n) is 9.08. The van der Waals surface area contributed by atoms with Crippen molar-refractivity contribution in [1.29, 1.82) is 0 Å². The van der Waals surface area contributed by atoms with Crippen LogP contribution in [0.4, 0.5) is 0 Å². The lowest BCUT2D eigenvalue weighted by Gasteiger charge is -2.60. The number of carbonyl (C=O) groups is 1. The molecule has 29 heavy (non-hydrogen) atoms. The molecule has 0 aromatic heterocycles. The Labute approximate surface area is 181 Å². The van der Waals surface area contributed by atoms with Crippen molar-refractivity contribution >= 4 is 23.9 Å². The number of halogens is 1. The number of nitrogens with zero attached hydrogens (tertiary/aromatic N) is 1. The summed E-state index contributed by atoms with van der Waals surface area (Å²) in [6.45, 7) is 6.21. The van der Waals surface area contributed by atoms with Gasteiger partial charge in [-0.1, -0.05) is 19.0 Å². The maximum atomic E-state index is 12.6. The third-order valence-corrected chi connectivity index (χ3v) is 9.08. The van der Waals surface area contributed by atoms with Gasteiger partial charge in [-0.15, -0.1) is 12.4 Å². The number of ketones is 1. The molecule has 0 aliphatic heterocycles. The van der Waals surface area contributed by atoms with Crippen LogP contribution in [-0.2, 0) is 9.63 Å². The Hall–Kier alpha value is -0.650. The van der Waals surface area contributed by atoms with Gasteiger partial charge in [0, 0.05) is 11.8 Å². The van der Waals surface area contributed by atoms with Crippen molar-refractivity contribution in [3.05, 3.63) is 0 Å². The summed E-state index contributed by atoms with van der Waals surface area (Å²) in [5.74, 6) is 2.40. The number of hydrogen-bond acceptors (Lipinski definition) is 5. The van der Waals surface area contributed by atoms with Gasteiger partial charge in [0.15, 0.2) is 0 Å². The van der Waals surface area contributed by atoms with Crippen LogP contribution in [0.1, 0.15) is 71.6 Å². The first-order valence-corrected chi connectivity index (χ1v) is 11.4. The van der Waals surface area contributed by atoms with Gasteiger partial charge in [-0.3, -0.25) is 4.79 Å². The van der Waals surface area contributed by atoms with Gasteiger partial charge in [0.25, 0.3) is 0 Å². The van der Waals surface area contributed by atoms with Crippen molar-refractivity contribution in [2.45, 2.75) is 77.7 Å². The predicted octanol–water partition coefficient (Wildman–Crippen LogP) is 3.97. The van der Waals surface area contributed by atoms with Crippen LogP contribution in [0.5, 0.6) is 0 Å². The molecule has 4 fully saturated rings. The maximum Gasteiger partial charge on any atom is 0.139 e. The molecular weight excluding hydrogens is 388 g/mol. The smallest absolute Gasteiger partial charge is 0.139 e. The predicted molar refractivity (Wildman–Crippen MR) is 117 cm³/mol. The number of nitrogens with one attached hydrogen (secondary N) is 1. The monoisotopic (exact) mass is 426 g/mol. The van der Waals surface area contributed by atoms with Gasteiger partial charge in [-0.25, -0.2) is 0 Å². The van der Waals surface area contributed by atoms with Crippen LogP contribution >= 0.6 is 12.4 Å². The van der Waals surface area contributed by atoms with E-state index < -0.39 is 0 Å². The van der Waals surface area contributed by atoms with E-state index in [2.05, 4.69) is 24.3 Å². The molecule has 0 aromatic carbocycles. The highest BCUT2D eigenvalue weighted by Crippen LogP contribution is 2.65. The number of aliphatic hydroxyl groups excluding tert-OH is 1. The molecule has 0 saturated heterocycles. The summed E-state index contributed by atoms with van der Waals surface area (Å²) >= 11 is 0. The van der Waals surface area contributed by atoms with E-state index >= 15 is 0 Å². The van der Waals surface area contributed by atoms with Gasteiger partial charge >= 0.3 is 0 Å². The van der Waals surface area contributed by atoms with Gasteiger partial charge < -0.3 is 15.3 Å². The standard InChI is InChI=1S/C23H38N2O3.ClH/c1-22-9-7-15(25-28-12-4-11-24-3)13-19(22)20(26)14-16-17-5-6-21(27)23(17,2)10-8-18(16)22;/h16-20,24,26H,4-14H2,1-3H3;1H/b25-15+;/t16-,17-,18-,19+,20-,22+,23-;/m0./s1. The molecule has 166 valence electrons. The molecule has 0 bridgehead atoms. The Balaban J connectivity index is 0.00000240. The lowest BCUT2D eigenvalue weighted by molar-refractivity contribution is -0.153. The second kappa shape index (κ2) is 8.84. The number of Topliss-reactive ketones (excluding diaryl/α,β-unsaturated/α-hetero) is 1. The van der Waals surface area contributed by atoms with Gasteiger partial charge in [0.1, 0.15) is 12.4 Å². The van der Waals surface area contributed by atoms with E-state index in [1.54, 1.807) is 0 Å². The lowest BCUT2D eigenvalue weighted by atomic mass is 9.44. The van der Waals surface area contributed by atoms with E-state index in [0.29, 0.717) is 30.1 Å². The molecule has 4 aliphatic carbocycles. The van der Waals surface area contributed by atoms with E-state index in [1.165, 1.54) is 0 Å². The summed E-state index contributed by atoms with van der Waals surface area (Å²) in [7, 11) is 1.95. The zero-order valence-corrected chi connectivity index (χ0v) is 19.1. The SMILES string of the molecule is CNCCCO/N=C1\CC[C@@]2(C)[C@H](C1)[C@@H](O)C[C@@H]1[C@@H]2CC[C@]2(C)C(=O)CC[C@@H]12.Cl. The highest BCUT2D eigenvalue weighted by atomic mass is 35.5. The van der Waals surface area contributed by atoms with Crippen molar-refractivity contribution in [2.24, 2.45) is 39.7 Å². The zero-order chi connectivity index (χ0) is 19.9. The van der Waals surface area contributed by atoms with Crippen molar-refractivity contribution in [3.8, 4) is 0 Å². The summed E-state index contributed by atoms with van der Waals surface area (Å²) in [4.78, 5) is 18.1.